The SMILES string of the molecule is Cc1ncn(C23C[C@H]4C[C@@H](CC(O)(C4)C2)C3)n1. The fourth-order valence-corrected chi connectivity index (χ4v) is 5.01. The predicted molar refractivity (Wildman–Crippen MR) is 62.4 cm³/mol. The van der Waals surface area contributed by atoms with E-state index in [1.54, 1.807) is 0 Å². The molecule has 0 spiro atoms. The van der Waals surface area contributed by atoms with Crippen LogP contribution >= 0.6 is 0 Å². The zero-order valence-corrected chi connectivity index (χ0v) is 10.3. The van der Waals surface area contributed by atoms with Gasteiger partial charge in [-0.15, -0.1) is 0 Å². The van der Waals surface area contributed by atoms with Crippen molar-refractivity contribution in [2.75, 3.05) is 0 Å². The molecule has 4 fully saturated rings. The van der Waals surface area contributed by atoms with Crippen LogP contribution < -0.4 is 0 Å². The standard InChI is InChI=1S/C13H19N3O/c1-9-14-8-16(15-9)12-3-10-2-11(4-12)6-13(17,5-10)7-12/h8,10-11,17H,2-7H2,1H3/t10-,11-,12?,13?/m1/s1. The second-order valence-electron chi connectivity index (χ2n) is 6.65. The van der Waals surface area contributed by atoms with E-state index in [-0.39, 0.29) is 5.54 Å². The molecule has 0 aromatic carbocycles. The van der Waals surface area contributed by atoms with Crippen molar-refractivity contribution in [2.45, 2.75) is 56.6 Å². The molecule has 92 valence electrons. The van der Waals surface area contributed by atoms with Crippen molar-refractivity contribution in [3.63, 3.8) is 0 Å². The Morgan fingerprint density at radius 3 is 2.53 bits per heavy atom. The summed E-state index contributed by atoms with van der Waals surface area (Å²) in [5, 5.41) is 15.2. The average molecular weight is 233 g/mol. The van der Waals surface area contributed by atoms with Gasteiger partial charge in [0.25, 0.3) is 0 Å². The minimum atomic E-state index is -0.413. The van der Waals surface area contributed by atoms with Gasteiger partial charge in [0.05, 0.1) is 11.1 Å². The quantitative estimate of drug-likeness (QED) is 0.802. The number of aromatic nitrogens is 3. The van der Waals surface area contributed by atoms with Crippen LogP contribution in [0, 0.1) is 18.8 Å². The van der Waals surface area contributed by atoms with Crippen LogP contribution in [-0.4, -0.2) is 25.5 Å². The molecule has 5 rings (SSSR count). The largest absolute Gasteiger partial charge is 0.390 e. The van der Waals surface area contributed by atoms with Crippen LogP contribution in [0.15, 0.2) is 6.33 Å². The van der Waals surface area contributed by atoms with Gasteiger partial charge in [0.1, 0.15) is 12.2 Å². The van der Waals surface area contributed by atoms with Gasteiger partial charge < -0.3 is 5.11 Å². The van der Waals surface area contributed by atoms with E-state index in [1.165, 1.54) is 19.3 Å². The lowest BCUT2D eigenvalue weighted by atomic mass is 9.51. The highest BCUT2D eigenvalue weighted by atomic mass is 16.3. The highest BCUT2D eigenvalue weighted by Crippen LogP contribution is 2.60. The number of hydrogen-bond acceptors (Lipinski definition) is 3. The van der Waals surface area contributed by atoms with Gasteiger partial charge in [-0.1, -0.05) is 0 Å². The van der Waals surface area contributed by atoms with E-state index in [1.807, 2.05) is 13.3 Å². The van der Waals surface area contributed by atoms with E-state index in [9.17, 15) is 5.11 Å². The minimum Gasteiger partial charge on any atom is -0.390 e. The van der Waals surface area contributed by atoms with Crippen LogP contribution in [0.25, 0.3) is 0 Å². The van der Waals surface area contributed by atoms with E-state index < -0.39 is 5.60 Å². The smallest absolute Gasteiger partial charge is 0.147 e. The Kier molecular flexibility index (Phi) is 1.72. The van der Waals surface area contributed by atoms with Crippen molar-refractivity contribution < 1.29 is 5.11 Å². The number of hydrogen-bond donors (Lipinski definition) is 1. The lowest BCUT2D eigenvalue weighted by Crippen LogP contribution is -2.59. The van der Waals surface area contributed by atoms with Crippen LogP contribution in [-0.2, 0) is 5.54 Å². The second-order valence-corrected chi connectivity index (χ2v) is 6.65. The Morgan fingerprint density at radius 1 is 1.29 bits per heavy atom. The molecule has 17 heavy (non-hydrogen) atoms. The summed E-state index contributed by atoms with van der Waals surface area (Å²) in [5.41, 5.74) is -0.343. The third-order valence-corrected chi connectivity index (χ3v) is 5.09. The normalized spacial score (nSPS) is 47.6. The predicted octanol–water partition coefficient (Wildman–Crippen LogP) is 1.63. The summed E-state index contributed by atoms with van der Waals surface area (Å²) in [6, 6.07) is 0. The average Bonchev–Trinajstić information content (AvgIpc) is 2.61. The third kappa shape index (κ3) is 1.33. The van der Waals surface area contributed by atoms with Crippen LogP contribution in [0.3, 0.4) is 0 Å². The number of aryl methyl sites for hydroxylation is 1. The van der Waals surface area contributed by atoms with Crippen LogP contribution in [0.2, 0.25) is 0 Å². The van der Waals surface area contributed by atoms with Crippen LogP contribution in [0.5, 0.6) is 0 Å². The van der Waals surface area contributed by atoms with E-state index in [4.69, 9.17) is 0 Å². The van der Waals surface area contributed by atoms with Crippen molar-refractivity contribution in [1.29, 1.82) is 0 Å². The minimum absolute atomic E-state index is 0.0695. The Hall–Kier alpha value is -0.900. The van der Waals surface area contributed by atoms with E-state index in [0.29, 0.717) is 11.8 Å². The van der Waals surface area contributed by atoms with Crippen LogP contribution in [0.1, 0.15) is 44.3 Å². The third-order valence-electron chi connectivity index (χ3n) is 5.09. The van der Waals surface area contributed by atoms with Gasteiger partial charge in [-0.25, -0.2) is 9.67 Å². The maximum absolute atomic E-state index is 10.7. The first-order valence-electron chi connectivity index (χ1n) is 6.68. The summed E-state index contributed by atoms with van der Waals surface area (Å²) in [6.07, 6.45) is 8.47. The number of nitrogens with zero attached hydrogens (tertiary/aromatic N) is 3. The lowest BCUT2D eigenvalue weighted by molar-refractivity contribution is -0.159. The molecule has 0 unspecified atom stereocenters. The maximum atomic E-state index is 10.7. The highest BCUT2D eigenvalue weighted by Gasteiger charge is 2.58. The molecule has 0 saturated heterocycles. The molecule has 4 bridgehead atoms. The van der Waals surface area contributed by atoms with Crippen molar-refractivity contribution in [3.05, 3.63) is 12.2 Å². The molecule has 2 atom stereocenters. The van der Waals surface area contributed by atoms with Crippen molar-refractivity contribution in [3.8, 4) is 0 Å². The van der Waals surface area contributed by atoms with E-state index in [2.05, 4.69) is 14.8 Å². The van der Waals surface area contributed by atoms with Crippen molar-refractivity contribution in [1.82, 2.24) is 14.8 Å². The zero-order valence-electron chi connectivity index (χ0n) is 10.3. The van der Waals surface area contributed by atoms with Gasteiger partial charge in [0, 0.05) is 6.42 Å². The first-order chi connectivity index (χ1) is 8.07. The summed E-state index contributed by atoms with van der Waals surface area (Å²) < 4.78 is 2.06. The van der Waals surface area contributed by atoms with Crippen LogP contribution in [0.4, 0.5) is 0 Å². The molecule has 4 aliphatic carbocycles. The monoisotopic (exact) mass is 233 g/mol. The molecule has 1 heterocycles. The van der Waals surface area contributed by atoms with E-state index >= 15 is 0 Å². The summed E-state index contributed by atoms with van der Waals surface area (Å²) >= 11 is 0. The van der Waals surface area contributed by atoms with Gasteiger partial charge >= 0.3 is 0 Å². The van der Waals surface area contributed by atoms with Gasteiger partial charge in [-0.2, -0.15) is 5.10 Å². The first-order valence-corrected chi connectivity index (χ1v) is 6.68. The second kappa shape index (κ2) is 2.91. The highest BCUT2D eigenvalue weighted by molar-refractivity contribution is 5.10. The fraction of sp³-hybridized carbons (Fsp3) is 0.846. The molecule has 1 aromatic heterocycles. The van der Waals surface area contributed by atoms with Gasteiger partial charge in [0.2, 0.25) is 0 Å². The van der Waals surface area contributed by atoms with E-state index in [0.717, 1.165) is 25.1 Å². The summed E-state index contributed by atoms with van der Waals surface area (Å²) in [6.45, 7) is 1.94. The summed E-state index contributed by atoms with van der Waals surface area (Å²) in [4.78, 5) is 4.27. The first kappa shape index (κ1) is 10.1. The Morgan fingerprint density at radius 2 is 2.00 bits per heavy atom. The van der Waals surface area contributed by atoms with Gasteiger partial charge in [0.15, 0.2) is 0 Å². The molecule has 0 aliphatic heterocycles. The topological polar surface area (TPSA) is 50.9 Å². The lowest BCUT2D eigenvalue weighted by Gasteiger charge is -2.59. The molecular weight excluding hydrogens is 214 g/mol. The van der Waals surface area contributed by atoms with Crippen molar-refractivity contribution in [2.24, 2.45) is 11.8 Å². The molecule has 4 nitrogen and oxygen atoms in total. The summed E-state index contributed by atoms with van der Waals surface area (Å²) in [5.74, 6) is 2.24. The Bertz CT molecular complexity index is 453. The molecule has 4 heteroatoms. The number of aliphatic hydroxyl groups is 1. The molecule has 1 N–H and O–H groups in total. The molecule has 1 aromatic rings. The van der Waals surface area contributed by atoms with Crippen molar-refractivity contribution >= 4 is 0 Å². The fourth-order valence-electron chi connectivity index (χ4n) is 5.01. The molecule has 0 amide bonds. The summed E-state index contributed by atoms with van der Waals surface area (Å²) in [7, 11) is 0. The molecule has 0 radical (unpaired) electrons. The zero-order chi connectivity index (χ0) is 11.7. The van der Waals surface area contributed by atoms with Gasteiger partial charge in [-0.05, 0) is 50.9 Å². The maximum Gasteiger partial charge on any atom is 0.147 e. The Balaban J connectivity index is 1.79. The number of rotatable bonds is 1. The van der Waals surface area contributed by atoms with Gasteiger partial charge in [-0.3, -0.25) is 0 Å². The molecular formula is C13H19N3O. The molecule has 4 aliphatic rings. The Labute approximate surface area is 101 Å². The molecule has 4 saturated carbocycles.